The van der Waals surface area contributed by atoms with E-state index in [1.54, 1.807) is 11.3 Å². The van der Waals surface area contributed by atoms with Crippen LogP contribution in [0.25, 0.3) is 0 Å². The Morgan fingerprint density at radius 1 is 1.73 bits per heavy atom. The van der Waals surface area contributed by atoms with Crippen molar-refractivity contribution in [1.29, 1.82) is 0 Å². The molecule has 0 N–H and O–H groups in total. The molecule has 1 fully saturated rings. The Morgan fingerprint density at radius 2 is 2.53 bits per heavy atom. The van der Waals surface area contributed by atoms with Gasteiger partial charge in [-0.3, -0.25) is 4.79 Å². The van der Waals surface area contributed by atoms with E-state index in [1.807, 2.05) is 21.7 Å². The van der Waals surface area contributed by atoms with Gasteiger partial charge in [-0.15, -0.1) is 0 Å². The van der Waals surface area contributed by atoms with E-state index in [2.05, 4.69) is 22.9 Å². The Bertz CT molecular complexity index is 338. The predicted octanol–water partition coefficient (Wildman–Crippen LogP) is 2.99. The normalized spacial score (nSPS) is 25.9. The van der Waals surface area contributed by atoms with Gasteiger partial charge in [0.2, 0.25) is 0 Å². The van der Waals surface area contributed by atoms with Crippen LogP contribution in [0, 0.1) is 5.92 Å². The topological polar surface area (TPSA) is 20.3 Å². The van der Waals surface area contributed by atoms with Gasteiger partial charge >= 0.3 is 0 Å². The maximum atomic E-state index is 12.1. The summed E-state index contributed by atoms with van der Waals surface area (Å²) in [4.78, 5) is 14.1. The number of carbonyl (C=O) groups is 1. The molecule has 0 spiro atoms. The first-order valence-corrected chi connectivity index (χ1v) is 7.19. The van der Waals surface area contributed by atoms with E-state index in [-0.39, 0.29) is 5.91 Å². The minimum atomic E-state index is 0.187. The number of halogens is 1. The van der Waals surface area contributed by atoms with Gasteiger partial charge in [0.25, 0.3) is 5.91 Å². The molecule has 2 rings (SSSR count). The Kier molecular flexibility index (Phi) is 3.46. The van der Waals surface area contributed by atoms with Crippen molar-refractivity contribution in [2.45, 2.75) is 19.4 Å². The summed E-state index contributed by atoms with van der Waals surface area (Å²) in [5, 5.41) is 4.87. The molecule has 1 aromatic heterocycles. The molecule has 1 aliphatic heterocycles. The van der Waals surface area contributed by atoms with Crippen LogP contribution >= 0.6 is 27.3 Å². The molecule has 1 aliphatic rings. The van der Waals surface area contributed by atoms with E-state index in [4.69, 9.17) is 0 Å². The lowest BCUT2D eigenvalue weighted by molar-refractivity contribution is 0.0736. The summed E-state index contributed by atoms with van der Waals surface area (Å²) in [6.45, 7) is 3.04. The smallest absolute Gasteiger partial charge is 0.254 e. The molecule has 2 heterocycles. The second-order valence-corrected chi connectivity index (χ2v) is 5.38. The average molecular weight is 288 g/mol. The summed E-state index contributed by atoms with van der Waals surface area (Å²) in [5.41, 5.74) is 0.835. The Labute approximate surface area is 102 Å². The van der Waals surface area contributed by atoms with Crippen LogP contribution in [0.5, 0.6) is 0 Å². The molecule has 0 saturated carbocycles. The third-order valence-electron chi connectivity index (χ3n) is 3.14. The molecule has 2 unspecified atom stereocenters. The van der Waals surface area contributed by atoms with Gasteiger partial charge in [0.15, 0.2) is 0 Å². The molecule has 0 aliphatic carbocycles. The molecule has 0 radical (unpaired) electrons. The minimum Gasteiger partial charge on any atom is -0.336 e. The van der Waals surface area contributed by atoms with Gasteiger partial charge in [-0.25, -0.2) is 0 Å². The molecule has 1 amide bonds. The van der Waals surface area contributed by atoms with Gasteiger partial charge in [-0.05, 0) is 30.7 Å². The summed E-state index contributed by atoms with van der Waals surface area (Å²) in [6, 6.07) is 2.26. The lowest BCUT2D eigenvalue weighted by Crippen LogP contribution is -2.35. The number of likely N-dealkylation sites (tertiary alicyclic amines) is 1. The molecule has 2 atom stereocenters. The third kappa shape index (κ3) is 2.11. The highest BCUT2D eigenvalue weighted by Gasteiger charge is 2.33. The van der Waals surface area contributed by atoms with Crippen molar-refractivity contribution in [3.05, 3.63) is 22.4 Å². The van der Waals surface area contributed by atoms with Crippen LogP contribution in [0.15, 0.2) is 16.8 Å². The maximum absolute atomic E-state index is 12.1. The lowest BCUT2D eigenvalue weighted by Gasteiger charge is -2.23. The molecule has 0 bridgehead atoms. The standard InChI is InChI=1S/C11H14BrNOS/c1-8-9(6-12)2-4-13(8)11(14)10-3-5-15-7-10/h3,5,7-9H,2,4,6H2,1H3. The summed E-state index contributed by atoms with van der Waals surface area (Å²) < 4.78 is 0. The van der Waals surface area contributed by atoms with E-state index in [0.29, 0.717) is 12.0 Å². The van der Waals surface area contributed by atoms with Crippen molar-refractivity contribution in [1.82, 2.24) is 4.90 Å². The molecule has 1 aromatic rings. The quantitative estimate of drug-likeness (QED) is 0.766. The Balaban J connectivity index is 2.10. The first-order valence-electron chi connectivity index (χ1n) is 5.13. The van der Waals surface area contributed by atoms with Gasteiger partial charge in [0, 0.05) is 23.3 Å². The van der Waals surface area contributed by atoms with E-state index in [9.17, 15) is 4.79 Å². The predicted molar refractivity (Wildman–Crippen MR) is 66.7 cm³/mol. The number of amides is 1. The second-order valence-electron chi connectivity index (χ2n) is 3.95. The van der Waals surface area contributed by atoms with Crippen molar-refractivity contribution in [3.63, 3.8) is 0 Å². The van der Waals surface area contributed by atoms with Crippen LogP contribution < -0.4 is 0 Å². The fraction of sp³-hybridized carbons (Fsp3) is 0.545. The number of nitrogens with zero attached hydrogens (tertiary/aromatic N) is 1. The van der Waals surface area contributed by atoms with Crippen LogP contribution in [0.3, 0.4) is 0 Å². The number of rotatable bonds is 2. The highest BCUT2D eigenvalue weighted by molar-refractivity contribution is 9.09. The van der Waals surface area contributed by atoms with Crippen molar-refractivity contribution in [2.75, 3.05) is 11.9 Å². The largest absolute Gasteiger partial charge is 0.336 e. The first-order chi connectivity index (χ1) is 7.24. The zero-order valence-electron chi connectivity index (χ0n) is 8.65. The summed E-state index contributed by atoms with van der Waals surface area (Å²) in [7, 11) is 0. The summed E-state index contributed by atoms with van der Waals surface area (Å²) in [5.74, 6) is 0.791. The van der Waals surface area contributed by atoms with E-state index < -0.39 is 0 Å². The van der Waals surface area contributed by atoms with Gasteiger partial charge < -0.3 is 4.90 Å². The highest BCUT2D eigenvalue weighted by atomic mass is 79.9. The molecule has 15 heavy (non-hydrogen) atoms. The average Bonchev–Trinajstić information content (AvgIpc) is 2.85. The Morgan fingerprint density at radius 3 is 3.07 bits per heavy atom. The number of hydrogen-bond acceptors (Lipinski definition) is 2. The van der Waals surface area contributed by atoms with Gasteiger partial charge in [-0.2, -0.15) is 11.3 Å². The molecule has 82 valence electrons. The minimum absolute atomic E-state index is 0.187. The maximum Gasteiger partial charge on any atom is 0.254 e. The van der Waals surface area contributed by atoms with Crippen LogP contribution in [0.2, 0.25) is 0 Å². The van der Waals surface area contributed by atoms with Crippen molar-refractivity contribution in [3.8, 4) is 0 Å². The van der Waals surface area contributed by atoms with Crippen molar-refractivity contribution < 1.29 is 4.79 Å². The molecular weight excluding hydrogens is 274 g/mol. The van der Waals surface area contributed by atoms with E-state index >= 15 is 0 Å². The highest BCUT2D eigenvalue weighted by Crippen LogP contribution is 2.27. The van der Waals surface area contributed by atoms with Crippen LogP contribution in [0.4, 0.5) is 0 Å². The number of alkyl halides is 1. The molecule has 4 heteroatoms. The van der Waals surface area contributed by atoms with Crippen LogP contribution in [0.1, 0.15) is 23.7 Å². The number of hydrogen-bond donors (Lipinski definition) is 0. The van der Waals surface area contributed by atoms with Crippen molar-refractivity contribution in [2.24, 2.45) is 5.92 Å². The Hall–Kier alpha value is -0.350. The molecule has 2 nitrogen and oxygen atoms in total. The zero-order valence-corrected chi connectivity index (χ0v) is 11.1. The monoisotopic (exact) mass is 287 g/mol. The van der Waals surface area contributed by atoms with Gasteiger partial charge in [0.1, 0.15) is 0 Å². The van der Waals surface area contributed by atoms with Gasteiger partial charge in [0.05, 0.1) is 5.56 Å². The fourth-order valence-corrected chi connectivity index (χ4v) is 3.54. The van der Waals surface area contributed by atoms with E-state index in [1.165, 1.54) is 0 Å². The first kappa shape index (κ1) is 11.1. The van der Waals surface area contributed by atoms with Crippen molar-refractivity contribution >= 4 is 33.2 Å². The van der Waals surface area contributed by atoms with Crippen LogP contribution in [-0.2, 0) is 0 Å². The van der Waals surface area contributed by atoms with E-state index in [0.717, 1.165) is 23.9 Å². The molecular formula is C11H14BrNOS. The fourth-order valence-electron chi connectivity index (χ4n) is 2.05. The molecule has 1 saturated heterocycles. The van der Waals surface area contributed by atoms with Gasteiger partial charge in [-0.1, -0.05) is 15.9 Å². The number of carbonyl (C=O) groups excluding carboxylic acids is 1. The lowest BCUT2D eigenvalue weighted by atomic mass is 10.1. The molecule has 0 aromatic carbocycles. The summed E-state index contributed by atoms with van der Waals surface area (Å²) >= 11 is 5.08. The van der Waals surface area contributed by atoms with Crippen LogP contribution in [-0.4, -0.2) is 28.7 Å². The zero-order chi connectivity index (χ0) is 10.8. The third-order valence-corrected chi connectivity index (χ3v) is 4.66. The SMILES string of the molecule is CC1C(CBr)CCN1C(=O)c1ccsc1. The summed E-state index contributed by atoms with van der Waals surface area (Å²) in [6.07, 6.45) is 1.11. The second kappa shape index (κ2) is 4.66. The number of thiophene rings is 1.